The van der Waals surface area contributed by atoms with Crippen LogP contribution >= 0.6 is 0 Å². The molecule has 1 rings (SSSR count). The van der Waals surface area contributed by atoms with E-state index in [4.69, 9.17) is 0 Å². The van der Waals surface area contributed by atoms with E-state index in [-0.39, 0.29) is 28.6 Å². The van der Waals surface area contributed by atoms with E-state index in [9.17, 15) is 10.2 Å². The van der Waals surface area contributed by atoms with Crippen LogP contribution in [0.1, 0.15) is 55.4 Å². The summed E-state index contributed by atoms with van der Waals surface area (Å²) in [6, 6.07) is 0. The number of hydrogen-bond acceptors (Lipinski definition) is 2. The van der Waals surface area contributed by atoms with E-state index >= 15 is 0 Å². The average Bonchev–Trinajstić information content (AvgIpc) is 2.29. The van der Waals surface area contributed by atoms with Crippen molar-refractivity contribution in [2.75, 3.05) is 0 Å². The molecule has 0 heterocycles. The van der Waals surface area contributed by atoms with Crippen molar-refractivity contribution in [3.63, 3.8) is 0 Å². The normalized spacial score (nSPS) is 41.2. The van der Waals surface area contributed by atoms with Gasteiger partial charge in [-0.1, -0.05) is 67.5 Å². The minimum absolute atomic E-state index is 0.00691. The fourth-order valence-electron chi connectivity index (χ4n) is 3.70. The summed E-state index contributed by atoms with van der Waals surface area (Å²) in [5.41, 5.74) is -1.18. The second-order valence-corrected chi connectivity index (χ2v) is 8.42. The third-order valence-electron chi connectivity index (χ3n) is 5.08. The Morgan fingerprint density at radius 2 is 1.42 bits per heavy atom. The fourth-order valence-corrected chi connectivity index (χ4v) is 3.70. The van der Waals surface area contributed by atoms with Crippen LogP contribution in [0.3, 0.4) is 0 Å². The minimum Gasteiger partial charge on any atom is -0.392 e. The van der Waals surface area contributed by atoms with E-state index in [1.165, 1.54) is 0 Å². The molecule has 0 saturated carbocycles. The standard InChI is InChI=1S/C17H32O2/c1-11-9-10-13(15(3,4)5)14(18)12(2)17(11,19)16(6,7)8/h9-14,18-19H,1-8H3/t11-,12+,13-,14+,17-/m0/s1. The van der Waals surface area contributed by atoms with E-state index < -0.39 is 11.7 Å². The SMILES string of the molecule is C[C@@H]1[C@@H](O)[C@@H](C(C)(C)C)C=C[C@H](C)[C@@]1(O)C(C)(C)C. The minimum atomic E-state index is -0.900. The summed E-state index contributed by atoms with van der Waals surface area (Å²) >= 11 is 0. The Bertz CT molecular complexity index is 345. The molecule has 0 aromatic rings. The van der Waals surface area contributed by atoms with Gasteiger partial charge in [0.2, 0.25) is 0 Å². The highest BCUT2D eigenvalue weighted by Crippen LogP contribution is 2.49. The van der Waals surface area contributed by atoms with Crippen molar-refractivity contribution in [3.05, 3.63) is 12.2 Å². The molecular weight excluding hydrogens is 236 g/mol. The maximum absolute atomic E-state index is 11.3. The monoisotopic (exact) mass is 268 g/mol. The van der Waals surface area contributed by atoms with Crippen molar-refractivity contribution >= 4 is 0 Å². The smallest absolute Gasteiger partial charge is 0.0805 e. The van der Waals surface area contributed by atoms with Crippen molar-refractivity contribution < 1.29 is 10.2 Å². The predicted molar refractivity (Wildman–Crippen MR) is 80.8 cm³/mol. The molecule has 2 nitrogen and oxygen atoms in total. The first-order chi connectivity index (χ1) is 8.33. The second kappa shape index (κ2) is 4.89. The summed E-state index contributed by atoms with van der Waals surface area (Å²) in [5.74, 6) is -0.0625. The zero-order valence-electron chi connectivity index (χ0n) is 13.9. The van der Waals surface area contributed by atoms with E-state index in [1.54, 1.807) is 0 Å². The molecule has 1 aliphatic rings. The maximum Gasteiger partial charge on any atom is 0.0805 e. The molecule has 0 unspecified atom stereocenters. The van der Waals surface area contributed by atoms with Crippen LogP contribution in [0.4, 0.5) is 0 Å². The van der Waals surface area contributed by atoms with Gasteiger partial charge in [-0.25, -0.2) is 0 Å². The predicted octanol–water partition coefficient (Wildman–Crippen LogP) is 3.63. The first kappa shape index (κ1) is 16.7. The van der Waals surface area contributed by atoms with Crippen molar-refractivity contribution in [1.29, 1.82) is 0 Å². The summed E-state index contributed by atoms with van der Waals surface area (Å²) in [4.78, 5) is 0. The van der Waals surface area contributed by atoms with Gasteiger partial charge in [0, 0.05) is 17.8 Å². The Labute approximate surface area is 118 Å². The summed E-state index contributed by atoms with van der Waals surface area (Å²) in [5, 5.41) is 22.0. The lowest BCUT2D eigenvalue weighted by Gasteiger charge is -2.49. The summed E-state index contributed by atoms with van der Waals surface area (Å²) < 4.78 is 0. The van der Waals surface area contributed by atoms with Gasteiger partial charge in [0.1, 0.15) is 0 Å². The molecule has 5 atom stereocenters. The fraction of sp³-hybridized carbons (Fsp3) is 0.882. The van der Waals surface area contributed by atoms with Crippen LogP contribution in [0.5, 0.6) is 0 Å². The topological polar surface area (TPSA) is 40.5 Å². The third kappa shape index (κ3) is 2.75. The quantitative estimate of drug-likeness (QED) is 0.659. The Hall–Kier alpha value is -0.340. The van der Waals surface area contributed by atoms with Gasteiger partial charge in [0.15, 0.2) is 0 Å². The van der Waals surface area contributed by atoms with Crippen LogP contribution in [0, 0.1) is 28.6 Å². The van der Waals surface area contributed by atoms with Gasteiger partial charge in [-0.05, 0) is 10.8 Å². The lowest BCUT2D eigenvalue weighted by molar-refractivity contribution is -0.161. The van der Waals surface area contributed by atoms with Gasteiger partial charge in [0.25, 0.3) is 0 Å². The molecule has 112 valence electrons. The molecule has 0 saturated heterocycles. The summed E-state index contributed by atoms with van der Waals surface area (Å²) in [6.45, 7) is 16.6. The highest BCUT2D eigenvalue weighted by Gasteiger charge is 2.53. The van der Waals surface area contributed by atoms with Crippen LogP contribution in [-0.2, 0) is 0 Å². The highest BCUT2D eigenvalue weighted by atomic mass is 16.3. The van der Waals surface area contributed by atoms with Gasteiger partial charge in [-0.2, -0.15) is 0 Å². The lowest BCUT2D eigenvalue weighted by Crippen LogP contribution is -2.56. The molecule has 0 fully saturated rings. The average molecular weight is 268 g/mol. The molecule has 2 N–H and O–H groups in total. The molecule has 2 heteroatoms. The number of rotatable bonds is 0. The molecule has 0 radical (unpaired) electrons. The van der Waals surface area contributed by atoms with Crippen molar-refractivity contribution in [2.45, 2.75) is 67.1 Å². The largest absolute Gasteiger partial charge is 0.392 e. The van der Waals surface area contributed by atoms with Crippen molar-refractivity contribution in [2.24, 2.45) is 28.6 Å². The van der Waals surface area contributed by atoms with Gasteiger partial charge in [0.05, 0.1) is 11.7 Å². The van der Waals surface area contributed by atoms with Gasteiger partial charge >= 0.3 is 0 Å². The van der Waals surface area contributed by atoms with E-state index in [1.807, 2.05) is 6.92 Å². The molecule has 1 aliphatic carbocycles. The van der Waals surface area contributed by atoms with E-state index in [2.05, 4.69) is 60.6 Å². The van der Waals surface area contributed by atoms with Crippen LogP contribution in [0.25, 0.3) is 0 Å². The van der Waals surface area contributed by atoms with Gasteiger partial charge in [-0.15, -0.1) is 0 Å². The molecule has 19 heavy (non-hydrogen) atoms. The van der Waals surface area contributed by atoms with Crippen LogP contribution < -0.4 is 0 Å². The zero-order valence-corrected chi connectivity index (χ0v) is 13.9. The number of hydrogen-bond donors (Lipinski definition) is 2. The third-order valence-corrected chi connectivity index (χ3v) is 5.08. The Balaban J connectivity index is 3.28. The van der Waals surface area contributed by atoms with Crippen LogP contribution in [0.2, 0.25) is 0 Å². The van der Waals surface area contributed by atoms with Gasteiger partial charge < -0.3 is 10.2 Å². The van der Waals surface area contributed by atoms with Crippen LogP contribution in [0.15, 0.2) is 12.2 Å². The summed E-state index contributed by atoms with van der Waals surface area (Å²) in [6.07, 6.45) is 3.68. The molecular formula is C17H32O2. The maximum atomic E-state index is 11.3. The zero-order chi connectivity index (χ0) is 15.2. The Kier molecular flexibility index (Phi) is 4.30. The van der Waals surface area contributed by atoms with E-state index in [0.717, 1.165) is 0 Å². The summed E-state index contributed by atoms with van der Waals surface area (Å²) in [7, 11) is 0. The first-order valence-electron chi connectivity index (χ1n) is 7.42. The first-order valence-corrected chi connectivity index (χ1v) is 7.42. The van der Waals surface area contributed by atoms with Crippen molar-refractivity contribution in [1.82, 2.24) is 0 Å². The lowest BCUT2D eigenvalue weighted by atomic mass is 9.61. The molecule has 0 spiro atoms. The van der Waals surface area contributed by atoms with Gasteiger partial charge in [-0.3, -0.25) is 0 Å². The number of aliphatic hydroxyl groups is 2. The second-order valence-electron chi connectivity index (χ2n) is 8.42. The molecule has 0 bridgehead atoms. The Morgan fingerprint density at radius 1 is 0.947 bits per heavy atom. The molecule has 0 aromatic carbocycles. The molecule has 0 aliphatic heterocycles. The molecule has 0 aromatic heterocycles. The van der Waals surface area contributed by atoms with Crippen LogP contribution in [-0.4, -0.2) is 21.9 Å². The molecule has 0 amide bonds. The Morgan fingerprint density at radius 3 is 1.79 bits per heavy atom. The van der Waals surface area contributed by atoms with Crippen molar-refractivity contribution in [3.8, 4) is 0 Å². The number of aliphatic hydroxyl groups excluding tert-OH is 1. The van der Waals surface area contributed by atoms with E-state index in [0.29, 0.717) is 0 Å². The highest BCUT2D eigenvalue weighted by molar-refractivity contribution is 5.14.